The third kappa shape index (κ3) is 3.61. The Morgan fingerprint density at radius 2 is 2.05 bits per heavy atom. The number of aryl methyl sites for hydroxylation is 2. The zero-order chi connectivity index (χ0) is 16.3. The number of benzene rings is 1. The lowest BCUT2D eigenvalue weighted by Crippen LogP contribution is -2.48. The van der Waals surface area contributed by atoms with E-state index in [1.807, 2.05) is 6.92 Å². The predicted molar refractivity (Wildman–Crippen MR) is 88.9 cm³/mol. The molecule has 0 aromatic heterocycles. The van der Waals surface area contributed by atoms with E-state index in [1.54, 1.807) is 11.9 Å². The second-order valence-corrected chi connectivity index (χ2v) is 6.88. The first-order chi connectivity index (χ1) is 10.4. The zero-order valence-corrected chi connectivity index (χ0v) is 14.1. The van der Waals surface area contributed by atoms with Crippen LogP contribution in [0.25, 0.3) is 0 Å². The summed E-state index contributed by atoms with van der Waals surface area (Å²) in [6, 6.07) is 6.17. The van der Waals surface area contributed by atoms with Crippen molar-refractivity contribution in [1.82, 2.24) is 10.2 Å². The lowest BCUT2D eigenvalue weighted by molar-refractivity contribution is 0.0227. The van der Waals surface area contributed by atoms with Gasteiger partial charge in [0, 0.05) is 19.0 Å². The molecule has 0 aliphatic heterocycles. The Balaban J connectivity index is 1.94. The van der Waals surface area contributed by atoms with Crippen molar-refractivity contribution < 1.29 is 9.90 Å². The van der Waals surface area contributed by atoms with Crippen molar-refractivity contribution in [2.45, 2.75) is 46.1 Å². The molecule has 4 heteroatoms. The van der Waals surface area contributed by atoms with Crippen LogP contribution in [0.15, 0.2) is 18.2 Å². The van der Waals surface area contributed by atoms with Crippen LogP contribution in [-0.4, -0.2) is 36.2 Å². The molecule has 4 nitrogen and oxygen atoms in total. The molecule has 2 amide bonds. The van der Waals surface area contributed by atoms with E-state index in [0.29, 0.717) is 6.54 Å². The third-order valence-corrected chi connectivity index (χ3v) is 5.04. The molecule has 2 N–H and O–H groups in total. The topological polar surface area (TPSA) is 52.6 Å². The van der Waals surface area contributed by atoms with Gasteiger partial charge in [0.1, 0.15) is 0 Å². The summed E-state index contributed by atoms with van der Waals surface area (Å²) in [4.78, 5) is 14.0. The Morgan fingerprint density at radius 1 is 1.36 bits per heavy atom. The van der Waals surface area contributed by atoms with Gasteiger partial charge in [-0.05, 0) is 50.3 Å². The van der Waals surface area contributed by atoms with Gasteiger partial charge in [0.2, 0.25) is 0 Å². The van der Waals surface area contributed by atoms with Crippen LogP contribution in [-0.2, 0) is 0 Å². The summed E-state index contributed by atoms with van der Waals surface area (Å²) in [6.45, 7) is 6.96. The second kappa shape index (κ2) is 6.69. The molecular formula is C18H28N2O2. The summed E-state index contributed by atoms with van der Waals surface area (Å²) in [7, 11) is 1.80. The van der Waals surface area contributed by atoms with Crippen LogP contribution in [0.5, 0.6) is 0 Å². The molecule has 22 heavy (non-hydrogen) atoms. The van der Waals surface area contributed by atoms with E-state index in [9.17, 15) is 9.90 Å². The molecule has 122 valence electrons. The van der Waals surface area contributed by atoms with Crippen LogP contribution in [0.3, 0.4) is 0 Å². The number of rotatable bonds is 5. The number of urea groups is 1. The maximum atomic E-state index is 12.3. The maximum Gasteiger partial charge on any atom is 0.317 e. The molecule has 0 spiro atoms. The molecule has 1 saturated carbocycles. The number of carbonyl (C=O) groups is 1. The number of carbonyl (C=O) groups excluding carboxylic acids is 1. The normalized spacial score (nSPS) is 17.5. The van der Waals surface area contributed by atoms with Crippen molar-refractivity contribution in [2.75, 3.05) is 20.2 Å². The van der Waals surface area contributed by atoms with Gasteiger partial charge in [-0.2, -0.15) is 0 Å². The molecule has 1 atom stereocenters. The molecule has 0 heterocycles. The van der Waals surface area contributed by atoms with Gasteiger partial charge in [-0.1, -0.05) is 24.6 Å². The molecule has 0 saturated heterocycles. The first-order valence-corrected chi connectivity index (χ1v) is 8.06. The minimum atomic E-state index is -0.0783. The monoisotopic (exact) mass is 304 g/mol. The first-order valence-electron chi connectivity index (χ1n) is 8.06. The van der Waals surface area contributed by atoms with Gasteiger partial charge in [0.05, 0.1) is 12.6 Å². The van der Waals surface area contributed by atoms with Crippen LogP contribution in [0, 0.1) is 19.3 Å². The summed E-state index contributed by atoms with van der Waals surface area (Å²) >= 11 is 0. The molecule has 0 bridgehead atoms. The molecule has 1 fully saturated rings. The van der Waals surface area contributed by atoms with Gasteiger partial charge >= 0.3 is 6.03 Å². The smallest absolute Gasteiger partial charge is 0.317 e. The standard InChI is InChI=1S/C18H28N2O2/c1-13-6-7-16(10-14(13)2)15(3)19-17(22)20(4)11-18(12-21)8-5-9-18/h6-7,10,15,21H,5,8-9,11-12H2,1-4H3,(H,19,22). The van der Waals surface area contributed by atoms with Crippen LogP contribution in [0.4, 0.5) is 4.79 Å². The number of aliphatic hydroxyl groups is 1. The molecular weight excluding hydrogens is 276 g/mol. The van der Waals surface area contributed by atoms with Gasteiger partial charge in [-0.3, -0.25) is 0 Å². The summed E-state index contributed by atoms with van der Waals surface area (Å²) in [5.74, 6) is 0. The number of hydrogen-bond donors (Lipinski definition) is 2. The van der Waals surface area contributed by atoms with Crippen LogP contribution in [0.2, 0.25) is 0 Å². The van der Waals surface area contributed by atoms with Gasteiger partial charge in [0.25, 0.3) is 0 Å². The van der Waals surface area contributed by atoms with E-state index >= 15 is 0 Å². The summed E-state index contributed by atoms with van der Waals surface area (Å²) < 4.78 is 0. The van der Waals surface area contributed by atoms with E-state index in [4.69, 9.17) is 0 Å². The van der Waals surface area contributed by atoms with Crippen molar-refractivity contribution in [1.29, 1.82) is 0 Å². The number of amides is 2. The van der Waals surface area contributed by atoms with Crippen molar-refractivity contribution in [3.63, 3.8) is 0 Å². The lowest BCUT2D eigenvalue weighted by Gasteiger charge is -2.42. The fourth-order valence-electron chi connectivity index (χ4n) is 3.03. The Hall–Kier alpha value is -1.55. The lowest BCUT2D eigenvalue weighted by atomic mass is 9.69. The first kappa shape index (κ1) is 16.8. The largest absolute Gasteiger partial charge is 0.396 e. The Morgan fingerprint density at radius 3 is 2.55 bits per heavy atom. The fourth-order valence-corrected chi connectivity index (χ4v) is 3.03. The summed E-state index contributed by atoms with van der Waals surface area (Å²) in [5.41, 5.74) is 3.54. The minimum Gasteiger partial charge on any atom is -0.396 e. The molecule has 1 aromatic carbocycles. The van der Waals surface area contributed by atoms with Crippen LogP contribution in [0.1, 0.15) is 48.9 Å². The molecule has 2 rings (SSSR count). The van der Waals surface area contributed by atoms with Crippen molar-refractivity contribution in [3.05, 3.63) is 34.9 Å². The van der Waals surface area contributed by atoms with Gasteiger partial charge < -0.3 is 15.3 Å². The van der Waals surface area contributed by atoms with E-state index in [-0.39, 0.29) is 24.1 Å². The maximum absolute atomic E-state index is 12.3. The van der Waals surface area contributed by atoms with Crippen LogP contribution >= 0.6 is 0 Å². The summed E-state index contributed by atoms with van der Waals surface area (Å²) in [6.07, 6.45) is 3.16. The van der Waals surface area contributed by atoms with E-state index in [0.717, 1.165) is 24.8 Å². The number of nitrogens with zero attached hydrogens (tertiary/aromatic N) is 1. The molecule has 0 radical (unpaired) electrons. The highest BCUT2D eigenvalue weighted by molar-refractivity contribution is 5.74. The quantitative estimate of drug-likeness (QED) is 0.878. The predicted octanol–water partition coefficient (Wildman–Crippen LogP) is 3.17. The fraction of sp³-hybridized carbons (Fsp3) is 0.611. The van der Waals surface area contributed by atoms with E-state index in [2.05, 4.69) is 37.4 Å². The second-order valence-electron chi connectivity index (χ2n) is 6.88. The highest BCUT2D eigenvalue weighted by atomic mass is 16.3. The number of nitrogens with one attached hydrogen (secondary N) is 1. The van der Waals surface area contributed by atoms with Gasteiger partial charge in [-0.15, -0.1) is 0 Å². The van der Waals surface area contributed by atoms with Crippen LogP contribution < -0.4 is 5.32 Å². The Labute approximate surface area is 133 Å². The van der Waals surface area contributed by atoms with Gasteiger partial charge in [0.15, 0.2) is 0 Å². The molecule has 1 aliphatic carbocycles. The van der Waals surface area contributed by atoms with E-state index < -0.39 is 0 Å². The number of hydrogen-bond acceptors (Lipinski definition) is 2. The van der Waals surface area contributed by atoms with Gasteiger partial charge in [-0.25, -0.2) is 4.79 Å². The SMILES string of the molecule is Cc1ccc(C(C)NC(=O)N(C)CC2(CO)CCC2)cc1C. The van der Waals surface area contributed by atoms with Crippen molar-refractivity contribution >= 4 is 6.03 Å². The highest BCUT2D eigenvalue weighted by Crippen LogP contribution is 2.40. The average Bonchev–Trinajstić information content (AvgIpc) is 2.45. The minimum absolute atomic E-state index is 0.0271. The molecule has 1 aliphatic rings. The Bertz CT molecular complexity index is 532. The molecule has 1 aromatic rings. The van der Waals surface area contributed by atoms with Crippen molar-refractivity contribution in [2.24, 2.45) is 5.41 Å². The zero-order valence-electron chi connectivity index (χ0n) is 14.1. The third-order valence-electron chi connectivity index (χ3n) is 5.04. The van der Waals surface area contributed by atoms with E-state index in [1.165, 1.54) is 11.1 Å². The molecule has 1 unspecified atom stereocenters. The summed E-state index contributed by atoms with van der Waals surface area (Å²) in [5, 5.41) is 12.6. The van der Waals surface area contributed by atoms with Crippen molar-refractivity contribution in [3.8, 4) is 0 Å². The Kier molecular flexibility index (Phi) is 5.12. The number of aliphatic hydroxyl groups excluding tert-OH is 1. The highest BCUT2D eigenvalue weighted by Gasteiger charge is 2.38. The average molecular weight is 304 g/mol.